The van der Waals surface area contributed by atoms with Crippen LogP contribution in [0.25, 0.3) is 6.08 Å². The summed E-state index contributed by atoms with van der Waals surface area (Å²) in [5, 5.41) is 6.28. The number of carbonyl (C=O) groups is 3. The predicted molar refractivity (Wildman–Crippen MR) is 97.0 cm³/mol. The number of anilines is 1. The lowest BCUT2D eigenvalue weighted by molar-refractivity contribution is -0.148. The molecule has 2 amide bonds. The minimum absolute atomic E-state index is 0.224. The van der Waals surface area contributed by atoms with Crippen LogP contribution in [0, 0.1) is 5.82 Å². The fourth-order valence-corrected chi connectivity index (χ4v) is 2.49. The van der Waals surface area contributed by atoms with E-state index in [9.17, 15) is 18.8 Å². The number of rotatable bonds is 7. The SMILES string of the molecule is CN(CC(=O)Nc1ccc(F)cc1)C(=O)COC(=O)/C=C/c1ccsc1. The van der Waals surface area contributed by atoms with Gasteiger partial charge in [-0.25, -0.2) is 9.18 Å². The first-order chi connectivity index (χ1) is 12.4. The third kappa shape index (κ3) is 6.48. The van der Waals surface area contributed by atoms with Crippen molar-refractivity contribution in [2.24, 2.45) is 0 Å². The summed E-state index contributed by atoms with van der Waals surface area (Å²) in [6.07, 6.45) is 2.82. The molecule has 0 bridgehead atoms. The van der Waals surface area contributed by atoms with Crippen molar-refractivity contribution < 1.29 is 23.5 Å². The fourth-order valence-electron chi connectivity index (χ4n) is 1.86. The Bertz CT molecular complexity index is 788. The number of esters is 1. The second-order valence-electron chi connectivity index (χ2n) is 5.30. The van der Waals surface area contributed by atoms with Crippen molar-refractivity contribution in [3.8, 4) is 0 Å². The van der Waals surface area contributed by atoms with Crippen LogP contribution < -0.4 is 5.32 Å². The highest BCUT2D eigenvalue weighted by molar-refractivity contribution is 7.08. The Hall–Kier alpha value is -3.00. The lowest BCUT2D eigenvalue weighted by Crippen LogP contribution is -2.37. The van der Waals surface area contributed by atoms with Gasteiger partial charge in [-0.1, -0.05) is 0 Å². The van der Waals surface area contributed by atoms with Crippen LogP contribution in [-0.2, 0) is 19.1 Å². The zero-order valence-corrected chi connectivity index (χ0v) is 14.8. The molecule has 0 fully saturated rings. The van der Waals surface area contributed by atoms with Crippen LogP contribution in [0.5, 0.6) is 0 Å². The Kier molecular flexibility index (Phi) is 7.04. The molecule has 0 spiro atoms. The molecule has 0 atom stereocenters. The van der Waals surface area contributed by atoms with Crippen LogP contribution in [0.1, 0.15) is 5.56 Å². The van der Waals surface area contributed by atoms with Crippen LogP contribution >= 0.6 is 11.3 Å². The van der Waals surface area contributed by atoms with Gasteiger partial charge in [0.05, 0.1) is 6.54 Å². The number of halogens is 1. The quantitative estimate of drug-likeness (QED) is 0.595. The van der Waals surface area contributed by atoms with E-state index in [1.807, 2.05) is 16.8 Å². The number of nitrogens with one attached hydrogen (secondary N) is 1. The second kappa shape index (κ2) is 9.47. The molecule has 1 N–H and O–H groups in total. The molecule has 1 heterocycles. The number of likely N-dealkylation sites (N-methyl/N-ethyl adjacent to an activating group) is 1. The molecule has 0 saturated carbocycles. The number of hydrogen-bond donors (Lipinski definition) is 1. The summed E-state index contributed by atoms with van der Waals surface area (Å²) in [6.45, 7) is -0.689. The number of carbonyl (C=O) groups excluding carboxylic acids is 3. The van der Waals surface area contributed by atoms with E-state index in [4.69, 9.17) is 4.74 Å². The summed E-state index contributed by atoms with van der Waals surface area (Å²) in [5.74, 6) is -2.02. The number of thiophene rings is 1. The second-order valence-corrected chi connectivity index (χ2v) is 6.08. The normalized spacial score (nSPS) is 10.5. The first-order valence-corrected chi connectivity index (χ1v) is 8.55. The summed E-state index contributed by atoms with van der Waals surface area (Å²) >= 11 is 1.50. The van der Waals surface area contributed by atoms with Gasteiger partial charge in [0.25, 0.3) is 5.91 Å². The van der Waals surface area contributed by atoms with E-state index in [0.29, 0.717) is 5.69 Å². The van der Waals surface area contributed by atoms with Gasteiger partial charge < -0.3 is 15.0 Å². The van der Waals surface area contributed by atoms with Gasteiger partial charge >= 0.3 is 5.97 Å². The van der Waals surface area contributed by atoms with Crippen molar-refractivity contribution in [2.45, 2.75) is 0 Å². The summed E-state index contributed by atoms with van der Waals surface area (Å²) in [7, 11) is 1.42. The molecule has 6 nitrogen and oxygen atoms in total. The molecular formula is C18H17FN2O4S. The Morgan fingerprint density at radius 1 is 1.23 bits per heavy atom. The van der Waals surface area contributed by atoms with E-state index in [-0.39, 0.29) is 6.54 Å². The van der Waals surface area contributed by atoms with E-state index < -0.39 is 30.2 Å². The smallest absolute Gasteiger partial charge is 0.331 e. The molecule has 136 valence electrons. The first-order valence-electron chi connectivity index (χ1n) is 7.60. The summed E-state index contributed by atoms with van der Waals surface area (Å²) in [6, 6.07) is 7.10. The molecule has 1 aromatic heterocycles. The highest BCUT2D eigenvalue weighted by atomic mass is 32.1. The molecule has 8 heteroatoms. The van der Waals surface area contributed by atoms with E-state index in [1.54, 1.807) is 6.08 Å². The van der Waals surface area contributed by atoms with Crippen LogP contribution in [0.3, 0.4) is 0 Å². The topological polar surface area (TPSA) is 75.7 Å². The van der Waals surface area contributed by atoms with Crippen molar-refractivity contribution in [3.05, 3.63) is 58.5 Å². The van der Waals surface area contributed by atoms with Crippen molar-refractivity contribution >= 4 is 40.9 Å². The molecule has 0 unspecified atom stereocenters. The zero-order valence-electron chi connectivity index (χ0n) is 14.0. The lowest BCUT2D eigenvalue weighted by Gasteiger charge is -2.16. The van der Waals surface area contributed by atoms with E-state index in [1.165, 1.54) is 48.7 Å². The van der Waals surface area contributed by atoms with E-state index >= 15 is 0 Å². The van der Waals surface area contributed by atoms with E-state index in [0.717, 1.165) is 10.5 Å². The maximum atomic E-state index is 12.8. The van der Waals surface area contributed by atoms with Gasteiger partial charge in [0, 0.05) is 18.8 Å². The molecule has 0 aliphatic rings. The van der Waals surface area contributed by atoms with Crippen molar-refractivity contribution in [1.29, 1.82) is 0 Å². The van der Waals surface area contributed by atoms with Crippen molar-refractivity contribution in [3.63, 3.8) is 0 Å². The van der Waals surface area contributed by atoms with Crippen LogP contribution in [-0.4, -0.2) is 42.9 Å². The monoisotopic (exact) mass is 376 g/mol. The van der Waals surface area contributed by atoms with Gasteiger partial charge in [-0.05, 0) is 52.7 Å². The Labute approximate surface area is 153 Å². The number of benzene rings is 1. The minimum Gasteiger partial charge on any atom is -0.452 e. The number of hydrogen-bond acceptors (Lipinski definition) is 5. The van der Waals surface area contributed by atoms with Gasteiger partial charge in [-0.15, -0.1) is 0 Å². The molecule has 26 heavy (non-hydrogen) atoms. The molecule has 0 radical (unpaired) electrons. The predicted octanol–water partition coefficient (Wildman–Crippen LogP) is 2.54. The summed E-state index contributed by atoms with van der Waals surface area (Å²) in [4.78, 5) is 36.5. The van der Waals surface area contributed by atoms with Crippen LogP contribution in [0.4, 0.5) is 10.1 Å². The third-order valence-corrected chi connectivity index (χ3v) is 3.93. The average molecular weight is 376 g/mol. The molecule has 1 aromatic carbocycles. The Morgan fingerprint density at radius 2 is 1.96 bits per heavy atom. The Balaban J connectivity index is 1.73. The van der Waals surface area contributed by atoms with E-state index in [2.05, 4.69) is 5.32 Å². The maximum Gasteiger partial charge on any atom is 0.331 e. The highest BCUT2D eigenvalue weighted by Crippen LogP contribution is 2.08. The summed E-state index contributed by atoms with van der Waals surface area (Å²) < 4.78 is 17.7. The third-order valence-electron chi connectivity index (χ3n) is 3.23. The number of nitrogens with zero attached hydrogens (tertiary/aromatic N) is 1. The molecule has 0 saturated heterocycles. The van der Waals surface area contributed by atoms with Crippen LogP contribution in [0.2, 0.25) is 0 Å². The van der Waals surface area contributed by atoms with Gasteiger partial charge in [-0.3, -0.25) is 9.59 Å². The number of amides is 2. The lowest BCUT2D eigenvalue weighted by atomic mass is 10.3. The van der Waals surface area contributed by atoms with Crippen LogP contribution in [0.15, 0.2) is 47.2 Å². The van der Waals surface area contributed by atoms with Crippen molar-refractivity contribution in [1.82, 2.24) is 4.90 Å². The van der Waals surface area contributed by atoms with Gasteiger partial charge in [0.15, 0.2) is 6.61 Å². The standard InChI is InChI=1S/C18H17FN2O4S/c1-21(10-16(22)20-15-5-3-14(19)4-6-15)17(23)11-25-18(24)7-2-13-8-9-26-12-13/h2-9,12H,10-11H2,1H3,(H,20,22)/b7-2+. The van der Waals surface area contributed by atoms with Gasteiger partial charge in [-0.2, -0.15) is 11.3 Å². The molecule has 2 aromatic rings. The highest BCUT2D eigenvalue weighted by Gasteiger charge is 2.14. The van der Waals surface area contributed by atoms with Crippen molar-refractivity contribution in [2.75, 3.05) is 25.5 Å². The average Bonchev–Trinajstić information content (AvgIpc) is 3.13. The minimum atomic E-state index is -0.645. The molecule has 0 aliphatic heterocycles. The fraction of sp³-hybridized carbons (Fsp3) is 0.167. The first kappa shape index (κ1) is 19.3. The largest absolute Gasteiger partial charge is 0.452 e. The zero-order chi connectivity index (χ0) is 18.9. The van der Waals surface area contributed by atoms with Gasteiger partial charge in [0.1, 0.15) is 5.82 Å². The maximum absolute atomic E-state index is 12.8. The number of ether oxygens (including phenoxy) is 1. The van der Waals surface area contributed by atoms with Gasteiger partial charge in [0.2, 0.25) is 5.91 Å². The Morgan fingerprint density at radius 3 is 2.62 bits per heavy atom. The molecule has 2 rings (SSSR count). The molecular weight excluding hydrogens is 359 g/mol. The summed E-state index contributed by atoms with van der Waals surface area (Å²) in [5.41, 5.74) is 1.29. The molecule has 0 aliphatic carbocycles.